The zero-order chi connectivity index (χ0) is 12.1. The standard InChI is InChI=1S/C13H20N2OS/c1-16-12-5-2-4-11(8-12)15-13(9-14)6-3-7-17-10-13/h2,4-5,8,15H,3,6-7,9-10,14H2,1H3. The monoisotopic (exact) mass is 252 g/mol. The molecular weight excluding hydrogens is 232 g/mol. The summed E-state index contributed by atoms with van der Waals surface area (Å²) in [6, 6.07) is 8.05. The van der Waals surface area contributed by atoms with Crippen LogP contribution < -0.4 is 15.8 Å². The van der Waals surface area contributed by atoms with E-state index in [0.29, 0.717) is 6.54 Å². The van der Waals surface area contributed by atoms with Gasteiger partial charge in [-0.15, -0.1) is 0 Å². The SMILES string of the molecule is COc1cccc(NC2(CN)CCCSC2)c1. The number of benzene rings is 1. The largest absolute Gasteiger partial charge is 0.497 e. The Balaban J connectivity index is 2.11. The van der Waals surface area contributed by atoms with Crippen molar-refractivity contribution in [1.29, 1.82) is 0 Å². The summed E-state index contributed by atoms with van der Waals surface area (Å²) in [4.78, 5) is 0. The molecule has 0 radical (unpaired) electrons. The molecule has 0 bridgehead atoms. The first kappa shape index (κ1) is 12.6. The van der Waals surface area contributed by atoms with Gasteiger partial charge in [0.2, 0.25) is 0 Å². The fourth-order valence-electron chi connectivity index (χ4n) is 2.17. The number of thioether (sulfide) groups is 1. The van der Waals surface area contributed by atoms with Gasteiger partial charge in [-0.25, -0.2) is 0 Å². The molecular formula is C13H20N2OS. The lowest BCUT2D eigenvalue weighted by Crippen LogP contribution is -2.49. The number of ether oxygens (including phenoxy) is 1. The highest BCUT2D eigenvalue weighted by molar-refractivity contribution is 7.99. The average Bonchev–Trinajstić information content (AvgIpc) is 2.40. The predicted molar refractivity (Wildman–Crippen MR) is 75.0 cm³/mol. The van der Waals surface area contributed by atoms with Gasteiger partial charge in [-0.3, -0.25) is 0 Å². The van der Waals surface area contributed by atoms with Crippen LogP contribution >= 0.6 is 11.8 Å². The van der Waals surface area contributed by atoms with E-state index in [9.17, 15) is 0 Å². The van der Waals surface area contributed by atoms with E-state index in [-0.39, 0.29) is 5.54 Å². The third-order valence-corrected chi connectivity index (χ3v) is 4.53. The van der Waals surface area contributed by atoms with Gasteiger partial charge in [0.25, 0.3) is 0 Å². The second-order valence-corrected chi connectivity index (χ2v) is 5.60. The number of methoxy groups -OCH3 is 1. The lowest BCUT2D eigenvalue weighted by Gasteiger charge is -2.37. The van der Waals surface area contributed by atoms with Crippen LogP contribution in [0.2, 0.25) is 0 Å². The second-order valence-electron chi connectivity index (χ2n) is 4.50. The highest BCUT2D eigenvalue weighted by Crippen LogP contribution is 2.30. The molecule has 1 fully saturated rings. The van der Waals surface area contributed by atoms with Crippen molar-refractivity contribution in [2.75, 3.05) is 30.5 Å². The number of rotatable bonds is 4. The Kier molecular flexibility index (Phi) is 4.18. The molecule has 3 N–H and O–H groups in total. The molecule has 1 aliphatic rings. The van der Waals surface area contributed by atoms with Gasteiger partial charge in [0.05, 0.1) is 12.6 Å². The van der Waals surface area contributed by atoms with Crippen molar-refractivity contribution >= 4 is 17.4 Å². The van der Waals surface area contributed by atoms with E-state index in [1.807, 2.05) is 30.0 Å². The Morgan fingerprint density at radius 2 is 2.41 bits per heavy atom. The minimum absolute atomic E-state index is 0.0509. The Hall–Kier alpha value is -0.870. The van der Waals surface area contributed by atoms with Crippen molar-refractivity contribution in [1.82, 2.24) is 0 Å². The maximum Gasteiger partial charge on any atom is 0.120 e. The molecule has 1 atom stereocenters. The van der Waals surface area contributed by atoms with E-state index in [2.05, 4.69) is 11.4 Å². The third kappa shape index (κ3) is 3.07. The summed E-state index contributed by atoms with van der Waals surface area (Å²) in [5.41, 5.74) is 7.10. The molecule has 0 spiro atoms. The summed E-state index contributed by atoms with van der Waals surface area (Å²) in [6.45, 7) is 0.678. The van der Waals surface area contributed by atoms with Crippen LogP contribution in [0.4, 0.5) is 5.69 Å². The zero-order valence-corrected chi connectivity index (χ0v) is 11.1. The maximum atomic E-state index is 5.95. The lowest BCUT2D eigenvalue weighted by molar-refractivity contribution is 0.414. The molecule has 1 aromatic carbocycles. The highest BCUT2D eigenvalue weighted by Gasteiger charge is 2.30. The van der Waals surface area contributed by atoms with Crippen molar-refractivity contribution < 1.29 is 4.74 Å². The zero-order valence-electron chi connectivity index (χ0n) is 10.2. The van der Waals surface area contributed by atoms with E-state index in [1.165, 1.54) is 12.2 Å². The van der Waals surface area contributed by atoms with Crippen LogP contribution in [-0.4, -0.2) is 30.7 Å². The molecule has 1 heterocycles. The minimum Gasteiger partial charge on any atom is -0.497 e. The summed E-state index contributed by atoms with van der Waals surface area (Å²) < 4.78 is 5.23. The van der Waals surface area contributed by atoms with E-state index < -0.39 is 0 Å². The predicted octanol–water partition coefficient (Wildman–Crippen LogP) is 2.33. The van der Waals surface area contributed by atoms with Crippen molar-refractivity contribution in [3.63, 3.8) is 0 Å². The van der Waals surface area contributed by atoms with Crippen LogP contribution in [0.15, 0.2) is 24.3 Å². The minimum atomic E-state index is 0.0509. The van der Waals surface area contributed by atoms with Crippen LogP contribution in [0, 0.1) is 0 Å². The summed E-state index contributed by atoms with van der Waals surface area (Å²) >= 11 is 1.98. The lowest BCUT2D eigenvalue weighted by atomic mass is 9.95. The first-order chi connectivity index (χ1) is 8.28. The van der Waals surface area contributed by atoms with Crippen molar-refractivity contribution in [2.24, 2.45) is 5.73 Å². The summed E-state index contributed by atoms with van der Waals surface area (Å²) in [7, 11) is 1.69. The Labute approximate surface area is 107 Å². The molecule has 4 heteroatoms. The van der Waals surface area contributed by atoms with Gasteiger partial charge in [0.1, 0.15) is 5.75 Å². The molecule has 17 heavy (non-hydrogen) atoms. The Bertz CT molecular complexity index is 364. The van der Waals surface area contributed by atoms with Gasteiger partial charge in [-0.2, -0.15) is 11.8 Å². The summed E-state index contributed by atoms with van der Waals surface area (Å²) in [6.07, 6.45) is 2.38. The van der Waals surface area contributed by atoms with Crippen LogP contribution in [0.1, 0.15) is 12.8 Å². The molecule has 0 aliphatic carbocycles. The normalized spacial score (nSPS) is 24.4. The topological polar surface area (TPSA) is 47.3 Å². The van der Waals surface area contributed by atoms with Crippen molar-refractivity contribution in [3.8, 4) is 5.75 Å². The summed E-state index contributed by atoms with van der Waals surface area (Å²) in [5, 5.41) is 3.59. The molecule has 1 aromatic rings. The average molecular weight is 252 g/mol. The first-order valence-corrected chi connectivity index (χ1v) is 7.13. The molecule has 1 unspecified atom stereocenters. The summed E-state index contributed by atoms with van der Waals surface area (Å²) in [5.74, 6) is 3.22. The molecule has 2 rings (SSSR count). The van der Waals surface area contributed by atoms with Crippen LogP contribution in [-0.2, 0) is 0 Å². The third-order valence-electron chi connectivity index (χ3n) is 3.19. The van der Waals surface area contributed by atoms with Crippen LogP contribution in [0.3, 0.4) is 0 Å². The smallest absolute Gasteiger partial charge is 0.120 e. The Morgan fingerprint density at radius 3 is 3.06 bits per heavy atom. The van der Waals surface area contributed by atoms with Gasteiger partial charge in [-0.05, 0) is 30.7 Å². The fourth-order valence-corrected chi connectivity index (χ4v) is 3.39. The van der Waals surface area contributed by atoms with E-state index in [4.69, 9.17) is 10.5 Å². The van der Waals surface area contributed by atoms with Crippen molar-refractivity contribution in [3.05, 3.63) is 24.3 Å². The molecule has 3 nitrogen and oxygen atoms in total. The van der Waals surface area contributed by atoms with E-state index in [1.54, 1.807) is 7.11 Å². The van der Waals surface area contributed by atoms with Gasteiger partial charge in [0.15, 0.2) is 0 Å². The van der Waals surface area contributed by atoms with Gasteiger partial charge in [0, 0.05) is 24.1 Å². The van der Waals surface area contributed by atoms with Crippen LogP contribution in [0.5, 0.6) is 5.75 Å². The number of nitrogens with two attached hydrogens (primary N) is 1. The molecule has 94 valence electrons. The fraction of sp³-hybridized carbons (Fsp3) is 0.538. The van der Waals surface area contributed by atoms with E-state index in [0.717, 1.165) is 23.6 Å². The number of anilines is 1. The molecule has 1 saturated heterocycles. The van der Waals surface area contributed by atoms with Gasteiger partial charge in [-0.1, -0.05) is 6.07 Å². The van der Waals surface area contributed by atoms with E-state index >= 15 is 0 Å². The molecule has 0 saturated carbocycles. The maximum absolute atomic E-state index is 5.95. The number of hydrogen-bond acceptors (Lipinski definition) is 4. The van der Waals surface area contributed by atoms with Crippen molar-refractivity contribution in [2.45, 2.75) is 18.4 Å². The van der Waals surface area contributed by atoms with Gasteiger partial charge < -0.3 is 15.8 Å². The quantitative estimate of drug-likeness (QED) is 0.863. The molecule has 1 aliphatic heterocycles. The van der Waals surface area contributed by atoms with Crippen LogP contribution in [0.25, 0.3) is 0 Å². The first-order valence-electron chi connectivity index (χ1n) is 5.98. The second kappa shape index (κ2) is 5.65. The molecule has 0 aromatic heterocycles. The molecule has 0 amide bonds. The Morgan fingerprint density at radius 1 is 1.53 bits per heavy atom. The highest BCUT2D eigenvalue weighted by atomic mass is 32.2. The number of nitrogens with one attached hydrogen (secondary N) is 1. The van der Waals surface area contributed by atoms with Gasteiger partial charge >= 0.3 is 0 Å². The number of hydrogen-bond donors (Lipinski definition) is 2.